The van der Waals surface area contributed by atoms with E-state index in [4.69, 9.17) is 10.1 Å². The number of hydroxylamine groups is 1. The summed E-state index contributed by atoms with van der Waals surface area (Å²) in [7, 11) is 1.58. The lowest BCUT2D eigenvalue weighted by molar-refractivity contribution is -0.0426. The molecule has 116 valence electrons. The fourth-order valence-electron chi connectivity index (χ4n) is 1.87. The molecule has 0 aliphatic heterocycles. The molecule has 0 saturated heterocycles. The Morgan fingerprint density at radius 2 is 1.95 bits per heavy atom. The maximum atomic E-state index is 9.95. The third-order valence-corrected chi connectivity index (χ3v) is 3.87. The van der Waals surface area contributed by atoms with Crippen LogP contribution in [0.1, 0.15) is 11.1 Å². The van der Waals surface area contributed by atoms with E-state index in [1.54, 1.807) is 13.2 Å². The van der Waals surface area contributed by atoms with Crippen molar-refractivity contribution >= 4 is 28.4 Å². The average Bonchev–Trinajstić information content (AvgIpc) is 2.53. The van der Waals surface area contributed by atoms with Crippen molar-refractivity contribution in [3.8, 4) is 5.75 Å². The van der Waals surface area contributed by atoms with Crippen LogP contribution >= 0.6 is 22.6 Å². The highest BCUT2D eigenvalue weighted by Crippen LogP contribution is 2.21. The lowest BCUT2D eigenvalue weighted by atomic mass is 10.1. The normalized spacial score (nSPS) is 10.1. The summed E-state index contributed by atoms with van der Waals surface area (Å²) in [6.45, 7) is 0. The first-order valence-electron chi connectivity index (χ1n) is 6.53. The van der Waals surface area contributed by atoms with E-state index >= 15 is 0 Å². The van der Waals surface area contributed by atoms with Crippen molar-refractivity contribution < 1.29 is 14.7 Å². The van der Waals surface area contributed by atoms with Gasteiger partial charge in [-0.3, -0.25) is 0 Å². The molecule has 0 aliphatic rings. The molecular formula is C16H16IN2O3-. The number of halogens is 1. The quantitative estimate of drug-likeness (QED) is 0.188. The van der Waals surface area contributed by atoms with Gasteiger partial charge in [-0.15, -0.1) is 34.7 Å². The van der Waals surface area contributed by atoms with Gasteiger partial charge < -0.3 is 20.1 Å². The minimum absolute atomic E-state index is 0.0435. The Labute approximate surface area is 142 Å². The summed E-state index contributed by atoms with van der Waals surface area (Å²) in [5, 5.41) is 17.8. The van der Waals surface area contributed by atoms with Crippen LogP contribution in [0.25, 0.3) is 5.48 Å². The lowest BCUT2D eigenvalue weighted by Crippen LogP contribution is -2.12. The van der Waals surface area contributed by atoms with E-state index in [0.717, 1.165) is 9.13 Å². The van der Waals surface area contributed by atoms with Crippen molar-refractivity contribution in [3.63, 3.8) is 0 Å². The maximum absolute atomic E-state index is 9.95. The van der Waals surface area contributed by atoms with Crippen LogP contribution in [0, 0.1) is 15.3 Å². The maximum Gasteiger partial charge on any atom is 0.249 e. The van der Waals surface area contributed by atoms with Gasteiger partial charge in [-0.25, -0.2) is 0 Å². The zero-order valence-electron chi connectivity index (χ0n) is 12.0. The molecule has 2 aromatic carbocycles. The number of aliphatic hydroxyl groups excluding tert-OH is 1. The van der Waals surface area contributed by atoms with E-state index in [1.807, 2.05) is 42.5 Å². The van der Waals surface area contributed by atoms with Crippen LogP contribution in [-0.2, 0) is 6.42 Å². The summed E-state index contributed by atoms with van der Waals surface area (Å²) >= 11 is 2.11. The van der Waals surface area contributed by atoms with Gasteiger partial charge >= 0.3 is 0 Å². The number of nitrogens with zero attached hydrogens (tertiary/aromatic N) is 1. The number of aliphatic hydroxyl groups is 2. The molecule has 0 atom stereocenters. The highest BCUT2D eigenvalue weighted by molar-refractivity contribution is 14.1. The molecule has 0 fully saturated rings. The summed E-state index contributed by atoms with van der Waals surface area (Å²) in [6, 6.07) is 14.7. The molecular weight excluding hydrogens is 395 g/mol. The number of nitrogens with one attached hydrogen (secondary N) is 1. The average molecular weight is 411 g/mol. The van der Waals surface area contributed by atoms with Crippen molar-refractivity contribution in [2.45, 2.75) is 6.42 Å². The van der Waals surface area contributed by atoms with Crippen LogP contribution in [0.2, 0.25) is 0 Å². The van der Waals surface area contributed by atoms with E-state index in [0.29, 0.717) is 11.3 Å². The summed E-state index contributed by atoms with van der Waals surface area (Å²) in [5.74, 6) is 0.746. The number of hydrogen-bond acceptors (Lipinski definition) is 3. The number of benzene rings is 2. The Morgan fingerprint density at radius 3 is 2.68 bits per heavy atom. The summed E-state index contributed by atoms with van der Waals surface area (Å²) in [5.41, 5.74) is 5.22. The third-order valence-electron chi connectivity index (χ3n) is 2.93. The Morgan fingerprint density at radius 1 is 1.27 bits per heavy atom. The van der Waals surface area contributed by atoms with Crippen LogP contribution in [0.5, 0.6) is 5.75 Å². The SMILES string of the molecule is COc1ccccc1CC(=N)[N-][OH+][C-](O)c1ccccc1I. The molecule has 0 amide bonds. The van der Waals surface area contributed by atoms with Crippen LogP contribution in [0.15, 0.2) is 48.5 Å². The van der Waals surface area contributed by atoms with Gasteiger partial charge in [-0.05, 0) is 23.9 Å². The van der Waals surface area contributed by atoms with Gasteiger partial charge in [0.15, 0.2) is 0 Å². The number of methoxy groups -OCH3 is 1. The zero-order chi connectivity index (χ0) is 15.9. The lowest BCUT2D eigenvalue weighted by Gasteiger charge is -2.20. The van der Waals surface area contributed by atoms with E-state index in [9.17, 15) is 5.11 Å². The molecule has 0 unspecified atom stereocenters. The standard InChI is InChI=1S/C16H16IN2O3/c1-21-14-9-5-2-6-11(14)10-15(18)19-22-16(20)12-7-3-4-8-13(12)17/h2-9,20,22H,10H2,1H3,(H-,18,19)/q-1. The molecule has 2 aromatic rings. The first-order valence-corrected chi connectivity index (χ1v) is 7.61. The van der Waals surface area contributed by atoms with Crippen LogP contribution in [0.4, 0.5) is 0 Å². The van der Waals surface area contributed by atoms with Gasteiger partial charge in [0.25, 0.3) is 0 Å². The second-order valence-electron chi connectivity index (χ2n) is 4.44. The van der Waals surface area contributed by atoms with E-state index in [-0.39, 0.29) is 18.5 Å². The smallest absolute Gasteiger partial charge is 0.249 e. The van der Waals surface area contributed by atoms with Crippen molar-refractivity contribution in [1.82, 2.24) is 0 Å². The molecule has 0 heterocycles. The van der Waals surface area contributed by atoms with Crippen LogP contribution in [-0.4, -0.2) is 22.9 Å². The molecule has 0 aromatic heterocycles. The first-order chi connectivity index (χ1) is 10.6. The number of amidine groups is 1. The van der Waals surface area contributed by atoms with Gasteiger partial charge in [-0.2, -0.15) is 11.5 Å². The predicted molar refractivity (Wildman–Crippen MR) is 93.0 cm³/mol. The van der Waals surface area contributed by atoms with Gasteiger partial charge in [-0.1, -0.05) is 33.4 Å². The fraction of sp³-hybridized carbons (Fsp3) is 0.125. The fourth-order valence-corrected chi connectivity index (χ4v) is 2.50. The number of para-hydroxylation sites is 1. The first kappa shape index (κ1) is 16.6. The number of ether oxygens (including phenoxy) is 1. The highest BCUT2D eigenvalue weighted by atomic mass is 127. The van der Waals surface area contributed by atoms with Gasteiger partial charge in [0.05, 0.1) is 7.11 Å². The molecule has 0 saturated carbocycles. The molecule has 0 spiro atoms. The second-order valence-corrected chi connectivity index (χ2v) is 5.60. The van der Waals surface area contributed by atoms with Crippen molar-refractivity contribution in [2.75, 3.05) is 7.11 Å². The molecule has 22 heavy (non-hydrogen) atoms. The largest absolute Gasteiger partial charge is 0.496 e. The second kappa shape index (κ2) is 8.02. The predicted octanol–water partition coefficient (Wildman–Crippen LogP) is 4.03. The van der Waals surface area contributed by atoms with Crippen molar-refractivity contribution in [3.05, 3.63) is 75.0 Å². The van der Waals surface area contributed by atoms with Crippen molar-refractivity contribution in [2.24, 2.45) is 0 Å². The zero-order valence-corrected chi connectivity index (χ0v) is 14.1. The number of hydrogen-bond donors (Lipinski definition) is 2. The minimum atomic E-state index is -0.199. The Hall–Kier alpha value is -1.77. The van der Waals surface area contributed by atoms with Gasteiger partial charge in [0.1, 0.15) is 5.75 Å². The van der Waals surface area contributed by atoms with E-state index < -0.39 is 0 Å². The molecule has 5 nitrogen and oxygen atoms in total. The molecule has 0 aliphatic carbocycles. The number of rotatable bonds is 6. The Kier molecular flexibility index (Phi) is 6.05. The minimum Gasteiger partial charge on any atom is -0.496 e. The van der Waals surface area contributed by atoms with E-state index in [1.165, 1.54) is 0 Å². The van der Waals surface area contributed by atoms with Crippen molar-refractivity contribution in [1.29, 1.82) is 5.41 Å². The monoisotopic (exact) mass is 411 g/mol. The van der Waals surface area contributed by atoms with Crippen LogP contribution < -0.4 is 4.74 Å². The summed E-state index contributed by atoms with van der Waals surface area (Å²) in [6.07, 6.45) is 0.0851. The third kappa shape index (κ3) is 4.36. The topological polar surface area (TPSA) is 80.2 Å². The van der Waals surface area contributed by atoms with Gasteiger partial charge in [0.2, 0.25) is 6.29 Å². The summed E-state index contributed by atoms with van der Waals surface area (Å²) < 4.78 is 6.10. The van der Waals surface area contributed by atoms with E-state index in [2.05, 4.69) is 32.9 Å². The molecule has 2 rings (SSSR count). The molecule has 0 radical (unpaired) electrons. The van der Waals surface area contributed by atoms with Crippen LogP contribution in [0.3, 0.4) is 0 Å². The van der Waals surface area contributed by atoms with Gasteiger partial charge in [0, 0.05) is 0 Å². The Balaban J connectivity index is 1.92. The molecule has 0 bridgehead atoms. The highest BCUT2D eigenvalue weighted by Gasteiger charge is 2.09. The Bertz CT molecular complexity index is 649. The summed E-state index contributed by atoms with van der Waals surface area (Å²) in [4.78, 5) is 3.73. The molecule has 3 N–H and O–H groups in total. The molecule has 6 heteroatoms.